The number of aliphatic hydroxyl groups is 3. The first-order valence-electron chi connectivity index (χ1n) is 14.2. The molecule has 11 nitrogen and oxygen atoms in total. The van der Waals surface area contributed by atoms with Gasteiger partial charge >= 0.3 is 0 Å². The molecular formula is C30H36F2N4O7. The van der Waals surface area contributed by atoms with E-state index in [1.54, 1.807) is 39.2 Å². The van der Waals surface area contributed by atoms with E-state index < -0.39 is 69.4 Å². The number of hydrogen-bond donors (Lipinski definition) is 5. The largest absolute Gasteiger partial charge is 0.510 e. The van der Waals surface area contributed by atoms with E-state index in [9.17, 15) is 43.6 Å². The number of primary amides is 1. The van der Waals surface area contributed by atoms with Crippen molar-refractivity contribution >= 4 is 23.2 Å². The van der Waals surface area contributed by atoms with Crippen molar-refractivity contribution in [1.29, 1.82) is 0 Å². The van der Waals surface area contributed by atoms with E-state index in [-0.39, 0.29) is 49.1 Å². The minimum absolute atomic E-state index is 0.00163. The van der Waals surface area contributed by atoms with Gasteiger partial charge in [0.15, 0.2) is 11.4 Å². The highest BCUT2D eigenvalue weighted by Crippen LogP contribution is 2.58. The van der Waals surface area contributed by atoms with Crippen molar-refractivity contribution in [2.75, 3.05) is 46.2 Å². The van der Waals surface area contributed by atoms with Crippen LogP contribution in [-0.2, 0) is 22.6 Å². The summed E-state index contributed by atoms with van der Waals surface area (Å²) in [6, 6.07) is 0.709. The minimum Gasteiger partial charge on any atom is -0.510 e. The highest BCUT2D eigenvalue weighted by atomic mass is 19.3. The fraction of sp³-hybridized carbons (Fsp3) is 0.567. The number of carbonyl (C=O) groups is 3. The number of likely N-dealkylation sites (tertiary alicyclic amines) is 1. The van der Waals surface area contributed by atoms with Gasteiger partial charge in [-0.25, -0.2) is 8.78 Å². The maximum atomic E-state index is 14.1. The number of allylic oxidation sites excluding steroid dienone is 1. The van der Waals surface area contributed by atoms with Gasteiger partial charge in [0.05, 0.1) is 11.6 Å². The molecule has 6 N–H and O–H groups in total. The van der Waals surface area contributed by atoms with Gasteiger partial charge in [0.2, 0.25) is 11.7 Å². The number of phenolic OH excluding ortho intramolecular Hbond substituents is 1. The summed E-state index contributed by atoms with van der Waals surface area (Å²) < 4.78 is 27.0. The van der Waals surface area contributed by atoms with Crippen LogP contribution in [0, 0.1) is 17.3 Å². The minimum atomic E-state index is -2.71. The molecule has 1 amide bonds. The number of Topliss-reactive ketones (excluding diaryl/α,β-unsaturated/α-hetero) is 2. The standard InChI is InChI=1S/C30H36F2N4O7/c1-34(2)17-7-14(8-36-11-28(12-36)9-29(31,32)10-28)22(37)19-15(17)5-13-6-16-21(35(3)4)24(39)20(27(33)42)26(41)30(16,43)25(40)18(13)23(19)38/h7,13,16,21,37,39-40,43H,5-6,8-12H2,1-4H3,(H2,33,42)/t13-,16-,21-,30-/m0/s1. The summed E-state index contributed by atoms with van der Waals surface area (Å²) in [7, 11) is 6.73. The Hall–Kier alpha value is -3.55. The van der Waals surface area contributed by atoms with Crippen LogP contribution in [0.2, 0.25) is 0 Å². The van der Waals surface area contributed by atoms with E-state index in [0.717, 1.165) is 0 Å². The lowest BCUT2D eigenvalue weighted by Crippen LogP contribution is -2.65. The third kappa shape index (κ3) is 4.04. The number of aromatic hydroxyl groups is 1. The molecule has 1 aromatic rings. The van der Waals surface area contributed by atoms with E-state index in [4.69, 9.17) is 5.73 Å². The Kier molecular flexibility index (Phi) is 6.33. The van der Waals surface area contributed by atoms with Crippen LogP contribution in [0.5, 0.6) is 5.75 Å². The summed E-state index contributed by atoms with van der Waals surface area (Å²) in [5.41, 5.74) is 2.71. The van der Waals surface area contributed by atoms with Gasteiger partial charge in [-0.1, -0.05) is 0 Å². The number of fused-ring (bicyclic) bond motifs is 3. The number of nitrogens with zero attached hydrogens (tertiary/aromatic N) is 3. The molecule has 0 aromatic heterocycles. The van der Waals surface area contributed by atoms with Crippen molar-refractivity contribution in [3.05, 3.63) is 45.4 Å². The number of amides is 1. The molecule has 232 valence electrons. The zero-order chi connectivity index (χ0) is 31.5. The number of halogens is 2. The Labute approximate surface area is 246 Å². The molecule has 1 aromatic carbocycles. The monoisotopic (exact) mass is 602 g/mol. The van der Waals surface area contributed by atoms with Crippen molar-refractivity contribution in [3.63, 3.8) is 0 Å². The summed E-state index contributed by atoms with van der Waals surface area (Å²) in [6.45, 7) is 1.12. The second-order valence-electron chi connectivity index (χ2n) is 13.5. The van der Waals surface area contributed by atoms with Gasteiger partial charge in [-0.2, -0.15) is 0 Å². The molecule has 1 heterocycles. The number of anilines is 1. The normalized spacial score (nSPS) is 30.9. The van der Waals surface area contributed by atoms with Gasteiger partial charge in [0.1, 0.15) is 22.8 Å². The summed E-state index contributed by atoms with van der Waals surface area (Å²) in [5, 5.41) is 45.7. The van der Waals surface area contributed by atoms with Gasteiger partial charge in [0.25, 0.3) is 5.91 Å². The van der Waals surface area contributed by atoms with Gasteiger partial charge in [-0.15, -0.1) is 0 Å². The maximum Gasteiger partial charge on any atom is 0.255 e. The lowest BCUT2D eigenvalue weighted by molar-refractivity contribution is -0.215. The molecule has 0 bridgehead atoms. The summed E-state index contributed by atoms with van der Waals surface area (Å²) in [4.78, 5) is 45.1. The average molecular weight is 603 g/mol. The van der Waals surface area contributed by atoms with E-state index in [1.807, 2.05) is 4.90 Å². The van der Waals surface area contributed by atoms with Gasteiger partial charge < -0.3 is 31.1 Å². The Morgan fingerprint density at radius 3 is 2.28 bits per heavy atom. The molecule has 0 radical (unpaired) electrons. The maximum absolute atomic E-state index is 14.1. The predicted octanol–water partition coefficient (Wildman–Crippen LogP) is 1.42. The number of rotatable bonds is 5. The molecule has 13 heteroatoms. The first-order valence-corrected chi connectivity index (χ1v) is 14.2. The number of alkyl halides is 2. The Balaban J connectivity index is 1.42. The Morgan fingerprint density at radius 1 is 1.12 bits per heavy atom. The molecule has 1 saturated heterocycles. The lowest BCUT2D eigenvalue weighted by atomic mass is 9.58. The highest BCUT2D eigenvalue weighted by Gasteiger charge is 2.64. The molecule has 43 heavy (non-hydrogen) atoms. The van der Waals surface area contributed by atoms with Crippen LogP contribution in [0.1, 0.15) is 40.7 Å². The number of phenols is 1. The van der Waals surface area contributed by atoms with E-state index in [2.05, 4.69) is 0 Å². The second-order valence-corrected chi connectivity index (χ2v) is 13.5. The van der Waals surface area contributed by atoms with Crippen LogP contribution < -0.4 is 10.6 Å². The van der Waals surface area contributed by atoms with Crippen LogP contribution in [0.25, 0.3) is 0 Å². The molecule has 1 spiro atoms. The zero-order valence-electron chi connectivity index (χ0n) is 24.4. The predicted molar refractivity (Wildman–Crippen MR) is 150 cm³/mol. The number of likely N-dealkylation sites (N-methyl/N-ethyl adjacent to an activating group) is 1. The van der Waals surface area contributed by atoms with Crippen LogP contribution >= 0.6 is 0 Å². The van der Waals surface area contributed by atoms with E-state index in [1.165, 1.54) is 4.90 Å². The van der Waals surface area contributed by atoms with Crippen molar-refractivity contribution in [2.24, 2.45) is 23.0 Å². The van der Waals surface area contributed by atoms with Crippen molar-refractivity contribution in [3.8, 4) is 5.75 Å². The van der Waals surface area contributed by atoms with E-state index in [0.29, 0.717) is 29.9 Å². The van der Waals surface area contributed by atoms with Crippen molar-refractivity contribution in [1.82, 2.24) is 9.80 Å². The van der Waals surface area contributed by atoms with Crippen molar-refractivity contribution in [2.45, 2.75) is 49.8 Å². The van der Waals surface area contributed by atoms with Crippen molar-refractivity contribution < 1.29 is 43.6 Å². The molecule has 1 saturated carbocycles. The van der Waals surface area contributed by atoms with Gasteiger partial charge in [-0.05, 0) is 44.5 Å². The molecule has 4 aliphatic carbocycles. The molecule has 1 aliphatic heterocycles. The number of carbonyl (C=O) groups excluding carboxylic acids is 3. The summed E-state index contributed by atoms with van der Waals surface area (Å²) in [6.07, 6.45) is -0.144. The number of benzene rings is 1. The quantitative estimate of drug-likeness (QED) is 0.311. The lowest BCUT2D eigenvalue weighted by Gasteiger charge is -2.58. The first-order chi connectivity index (χ1) is 19.9. The second kappa shape index (κ2) is 9.23. The third-order valence-corrected chi connectivity index (χ3v) is 10.0. The summed E-state index contributed by atoms with van der Waals surface area (Å²) >= 11 is 0. The number of nitrogens with two attached hydrogens (primary N) is 1. The van der Waals surface area contributed by atoms with Crippen LogP contribution in [-0.4, -0.2) is 107 Å². The molecule has 5 aliphatic rings. The van der Waals surface area contributed by atoms with E-state index >= 15 is 0 Å². The van der Waals surface area contributed by atoms with Crippen LogP contribution in [0.4, 0.5) is 14.5 Å². The number of aliphatic hydroxyl groups excluding tert-OH is 2. The molecule has 0 unspecified atom stereocenters. The zero-order valence-corrected chi connectivity index (χ0v) is 24.4. The van der Waals surface area contributed by atoms with Crippen LogP contribution in [0.15, 0.2) is 28.7 Å². The fourth-order valence-electron chi connectivity index (χ4n) is 8.40. The topological polar surface area (TPSA) is 168 Å². The van der Waals surface area contributed by atoms with Crippen LogP contribution in [0.3, 0.4) is 0 Å². The molecule has 2 fully saturated rings. The highest BCUT2D eigenvalue weighted by molar-refractivity contribution is 6.25. The number of hydrogen-bond acceptors (Lipinski definition) is 10. The molecule has 6 rings (SSSR count). The summed E-state index contributed by atoms with van der Waals surface area (Å²) in [5.74, 6) is -9.60. The molecule has 4 atom stereocenters. The average Bonchev–Trinajstić information content (AvgIpc) is 2.84. The Bertz CT molecular complexity index is 1530. The van der Waals surface area contributed by atoms with Gasteiger partial charge in [0, 0.05) is 74.7 Å². The SMILES string of the molecule is CN(C)c1cc(CN2CC3(C2)CC(F)(F)C3)c(O)c2c1C[C@H]1C[C@H]3[C@H](N(C)C)C(O)=C(C(N)=O)C(=O)[C@@]3(O)C(O)=C1C2=O. The fourth-order valence-corrected chi connectivity index (χ4v) is 8.40. The smallest absolute Gasteiger partial charge is 0.255 e. The first kappa shape index (κ1) is 29.5. The number of ketones is 2. The Morgan fingerprint density at radius 2 is 1.74 bits per heavy atom. The van der Waals surface area contributed by atoms with Gasteiger partial charge in [-0.3, -0.25) is 24.2 Å². The molecular weight excluding hydrogens is 566 g/mol. The third-order valence-electron chi connectivity index (χ3n) is 10.0.